The Kier molecular flexibility index (Phi) is 8.53. The van der Waals surface area contributed by atoms with Crippen LogP contribution in [0.15, 0.2) is 77.7 Å². The van der Waals surface area contributed by atoms with Gasteiger partial charge in [0.05, 0.1) is 10.6 Å². The molecule has 8 heteroatoms. The van der Waals surface area contributed by atoms with E-state index < -0.39 is 28.5 Å². The fourth-order valence-corrected chi connectivity index (χ4v) is 5.24. The zero-order valence-corrected chi connectivity index (χ0v) is 22.2. The lowest BCUT2D eigenvalue weighted by molar-refractivity contribution is -0.139. The van der Waals surface area contributed by atoms with Crippen LogP contribution in [-0.4, -0.2) is 44.8 Å². The van der Waals surface area contributed by atoms with Crippen molar-refractivity contribution >= 4 is 27.5 Å². The molecule has 1 unspecified atom stereocenters. The van der Waals surface area contributed by atoms with Crippen LogP contribution in [0.1, 0.15) is 29.2 Å². The van der Waals surface area contributed by atoms with Crippen molar-refractivity contribution in [3.63, 3.8) is 0 Å². The highest BCUT2D eigenvalue weighted by molar-refractivity contribution is 7.92. The normalized spacial score (nSPS) is 12.0. The summed E-state index contributed by atoms with van der Waals surface area (Å²) in [5.74, 6) is -0.817. The molecule has 0 aliphatic carbocycles. The molecule has 3 aromatic carbocycles. The number of sulfonamides is 1. The van der Waals surface area contributed by atoms with Crippen molar-refractivity contribution in [3.8, 4) is 0 Å². The van der Waals surface area contributed by atoms with Gasteiger partial charge in [-0.2, -0.15) is 0 Å². The number of hydrogen-bond donors (Lipinski definition) is 1. The van der Waals surface area contributed by atoms with Gasteiger partial charge in [-0.3, -0.25) is 13.9 Å². The predicted molar refractivity (Wildman–Crippen MR) is 142 cm³/mol. The second kappa shape index (κ2) is 11.4. The average Bonchev–Trinajstić information content (AvgIpc) is 2.86. The Morgan fingerprint density at radius 1 is 0.861 bits per heavy atom. The van der Waals surface area contributed by atoms with Gasteiger partial charge in [-0.15, -0.1) is 0 Å². The lowest BCUT2D eigenvalue weighted by atomic mass is 10.1. The van der Waals surface area contributed by atoms with Crippen LogP contribution in [0.2, 0.25) is 0 Å². The van der Waals surface area contributed by atoms with Gasteiger partial charge in [0, 0.05) is 13.6 Å². The fourth-order valence-electron chi connectivity index (χ4n) is 3.83. The van der Waals surface area contributed by atoms with E-state index in [2.05, 4.69) is 5.32 Å². The maximum absolute atomic E-state index is 13.7. The summed E-state index contributed by atoms with van der Waals surface area (Å²) in [5.41, 5.74) is 4.08. The Hall–Kier alpha value is -3.65. The minimum atomic E-state index is -4.06. The second-order valence-electron chi connectivity index (χ2n) is 8.96. The first-order valence-corrected chi connectivity index (χ1v) is 13.2. The van der Waals surface area contributed by atoms with Gasteiger partial charge in [0.2, 0.25) is 11.8 Å². The maximum atomic E-state index is 13.7. The van der Waals surface area contributed by atoms with Gasteiger partial charge < -0.3 is 10.2 Å². The molecule has 36 heavy (non-hydrogen) atoms. The first-order chi connectivity index (χ1) is 17.0. The number of carbonyl (C=O) groups excluding carboxylic acids is 2. The van der Waals surface area contributed by atoms with Gasteiger partial charge in [0.25, 0.3) is 10.0 Å². The van der Waals surface area contributed by atoms with Crippen molar-refractivity contribution in [3.05, 3.63) is 95.1 Å². The Balaban J connectivity index is 2.02. The van der Waals surface area contributed by atoms with E-state index in [0.29, 0.717) is 5.69 Å². The minimum absolute atomic E-state index is 0.0897. The number of anilines is 1. The van der Waals surface area contributed by atoms with E-state index in [9.17, 15) is 18.0 Å². The lowest BCUT2D eigenvalue weighted by Gasteiger charge is -2.32. The molecular formula is C28H33N3O4S. The highest BCUT2D eigenvalue weighted by atomic mass is 32.2. The molecule has 1 atom stereocenters. The predicted octanol–water partition coefficient (Wildman–Crippen LogP) is 3.97. The van der Waals surface area contributed by atoms with Gasteiger partial charge in [-0.1, -0.05) is 59.7 Å². The molecule has 0 bridgehead atoms. The molecule has 0 aliphatic rings. The minimum Gasteiger partial charge on any atom is -0.357 e. The summed E-state index contributed by atoms with van der Waals surface area (Å²) in [7, 11) is -2.55. The topological polar surface area (TPSA) is 86.8 Å². The van der Waals surface area contributed by atoms with E-state index in [1.165, 1.54) is 24.1 Å². The summed E-state index contributed by atoms with van der Waals surface area (Å²) in [6.07, 6.45) is 0. The SMILES string of the molecule is CNC(=O)C(C)N(Cc1ccc(C)cc1)C(=O)CN(c1cccc(C)c1)S(=O)(=O)c1ccc(C)cc1. The van der Waals surface area contributed by atoms with Crippen molar-refractivity contribution in [2.75, 3.05) is 17.9 Å². The third-order valence-electron chi connectivity index (χ3n) is 6.06. The summed E-state index contributed by atoms with van der Waals surface area (Å²) in [4.78, 5) is 27.7. The van der Waals surface area contributed by atoms with Crippen LogP contribution in [0.3, 0.4) is 0 Å². The summed E-state index contributed by atoms with van der Waals surface area (Å²) in [6.45, 7) is 7.05. The number of hydrogen-bond acceptors (Lipinski definition) is 4. The van der Waals surface area contributed by atoms with Crippen LogP contribution in [0.25, 0.3) is 0 Å². The first kappa shape index (κ1) is 26.9. The number of amides is 2. The quantitative estimate of drug-likeness (QED) is 0.475. The smallest absolute Gasteiger partial charge is 0.264 e. The van der Waals surface area contributed by atoms with E-state index in [-0.39, 0.29) is 17.3 Å². The number of likely N-dealkylation sites (N-methyl/N-ethyl adjacent to an activating group) is 1. The molecule has 3 aromatic rings. The van der Waals surface area contributed by atoms with Crippen LogP contribution in [-0.2, 0) is 26.2 Å². The van der Waals surface area contributed by atoms with Crippen LogP contribution >= 0.6 is 0 Å². The molecule has 0 fully saturated rings. The molecule has 7 nitrogen and oxygen atoms in total. The van der Waals surface area contributed by atoms with Crippen LogP contribution < -0.4 is 9.62 Å². The van der Waals surface area contributed by atoms with E-state index in [4.69, 9.17) is 0 Å². The Morgan fingerprint density at radius 3 is 2.00 bits per heavy atom. The molecule has 190 valence electrons. The maximum Gasteiger partial charge on any atom is 0.264 e. The van der Waals surface area contributed by atoms with Crippen molar-refractivity contribution in [2.24, 2.45) is 0 Å². The third-order valence-corrected chi connectivity index (χ3v) is 7.85. The third kappa shape index (κ3) is 6.31. The van der Waals surface area contributed by atoms with E-state index in [1.807, 2.05) is 51.1 Å². The standard InChI is InChI=1S/C28H33N3O4S/c1-20-9-13-24(14-10-20)18-30(23(4)28(33)29-5)27(32)19-31(25-8-6-7-22(3)17-25)36(34,35)26-15-11-21(2)12-16-26/h6-17,23H,18-19H2,1-5H3,(H,29,33). The molecule has 0 spiro atoms. The number of nitrogens with zero attached hydrogens (tertiary/aromatic N) is 2. The summed E-state index contributed by atoms with van der Waals surface area (Å²) < 4.78 is 28.6. The van der Waals surface area contributed by atoms with Crippen LogP contribution in [0.4, 0.5) is 5.69 Å². The molecule has 2 amide bonds. The van der Waals surface area contributed by atoms with Crippen LogP contribution in [0, 0.1) is 20.8 Å². The molecule has 1 N–H and O–H groups in total. The van der Waals surface area contributed by atoms with Gasteiger partial charge >= 0.3 is 0 Å². The molecule has 0 radical (unpaired) electrons. The zero-order valence-electron chi connectivity index (χ0n) is 21.4. The Labute approximate surface area is 213 Å². The second-order valence-corrected chi connectivity index (χ2v) is 10.8. The fraction of sp³-hybridized carbons (Fsp3) is 0.286. The summed E-state index contributed by atoms with van der Waals surface area (Å²) >= 11 is 0. The van der Waals surface area contributed by atoms with Gasteiger partial charge in [0.1, 0.15) is 12.6 Å². The molecule has 0 saturated carbocycles. The molecule has 3 rings (SSSR count). The van der Waals surface area contributed by atoms with E-state index in [0.717, 1.165) is 26.6 Å². The highest BCUT2D eigenvalue weighted by Gasteiger charge is 2.32. The van der Waals surface area contributed by atoms with Crippen LogP contribution in [0.5, 0.6) is 0 Å². The van der Waals surface area contributed by atoms with E-state index in [1.54, 1.807) is 37.3 Å². The number of carbonyl (C=O) groups is 2. The molecular weight excluding hydrogens is 474 g/mol. The Bertz CT molecular complexity index is 1320. The van der Waals surface area contributed by atoms with Gasteiger partial charge in [-0.05, 0) is 63.1 Å². The molecule has 0 saturated heterocycles. The monoisotopic (exact) mass is 507 g/mol. The van der Waals surface area contributed by atoms with Crippen molar-refractivity contribution < 1.29 is 18.0 Å². The number of aryl methyl sites for hydroxylation is 3. The van der Waals surface area contributed by atoms with Gasteiger partial charge in [-0.25, -0.2) is 8.42 Å². The van der Waals surface area contributed by atoms with Crippen molar-refractivity contribution in [1.29, 1.82) is 0 Å². The average molecular weight is 508 g/mol. The lowest BCUT2D eigenvalue weighted by Crippen LogP contribution is -2.50. The number of rotatable bonds is 9. The van der Waals surface area contributed by atoms with Crippen molar-refractivity contribution in [1.82, 2.24) is 10.2 Å². The number of nitrogens with one attached hydrogen (secondary N) is 1. The van der Waals surface area contributed by atoms with E-state index >= 15 is 0 Å². The largest absolute Gasteiger partial charge is 0.357 e. The summed E-state index contributed by atoms with van der Waals surface area (Å²) in [5, 5.41) is 2.58. The van der Waals surface area contributed by atoms with Gasteiger partial charge in [0.15, 0.2) is 0 Å². The molecule has 0 aliphatic heterocycles. The Morgan fingerprint density at radius 2 is 1.44 bits per heavy atom. The first-order valence-electron chi connectivity index (χ1n) is 11.8. The zero-order chi connectivity index (χ0) is 26.5. The number of benzene rings is 3. The summed E-state index contributed by atoms with van der Waals surface area (Å²) in [6, 6.07) is 20.4. The highest BCUT2D eigenvalue weighted by Crippen LogP contribution is 2.25. The molecule has 0 heterocycles. The molecule has 0 aromatic heterocycles. The van der Waals surface area contributed by atoms with Crippen molar-refractivity contribution in [2.45, 2.75) is 45.2 Å².